The van der Waals surface area contributed by atoms with Crippen molar-refractivity contribution in [2.45, 2.75) is 26.3 Å². The van der Waals surface area contributed by atoms with Gasteiger partial charge < -0.3 is 10.4 Å². The zero-order chi connectivity index (χ0) is 12.1. The Labute approximate surface area is 94.3 Å². The highest BCUT2D eigenvalue weighted by atomic mass is 16.3. The minimum absolute atomic E-state index is 0.0451. The molecule has 0 unspecified atom stereocenters. The predicted octanol–water partition coefficient (Wildman–Crippen LogP) is 1.03. The number of aromatic hydroxyl groups is 1. The predicted molar refractivity (Wildman–Crippen MR) is 60.1 cm³/mol. The van der Waals surface area contributed by atoms with Crippen LogP contribution in [0.5, 0.6) is 5.75 Å². The van der Waals surface area contributed by atoms with Crippen LogP contribution in [0.15, 0.2) is 24.3 Å². The lowest BCUT2D eigenvalue weighted by molar-refractivity contribution is -0.137. The molecular formula is C12H15NO3. The largest absolute Gasteiger partial charge is 0.508 e. The number of carbonyl (C=O) groups excluding carboxylic acids is 2. The van der Waals surface area contributed by atoms with E-state index in [4.69, 9.17) is 5.11 Å². The topological polar surface area (TPSA) is 66.4 Å². The number of benzene rings is 1. The second kappa shape index (κ2) is 5.30. The van der Waals surface area contributed by atoms with Gasteiger partial charge in [-0.1, -0.05) is 12.1 Å². The zero-order valence-corrected chi connectivity index (χ0v) is 9.36. The highest BCUT2D eigenvalue weighted by molar-refractivity contribution is 6.36. The summed E-state index contributed by atoms with van der Waals surface area (Å²) in [5.74, 6) is -0.898. The summed E-state index contributed by atoms with van der Waals surface area (Å²) in [6.07, 6.45) is 0.0544. The van der Waals surface area contributed by atoms with Gasteiger partial charge in [-0.05, 0) is 31.5 Å². The Kier molecular flexibility index (Phi) is 4.05. The van der Waals surface area contributed by atoms with Crippen molar-refractivity contribution in [2.75, 3.05) is 0 Å². The van der Waals surface area contributed by atoms with Gasteiger partial charge in [0.1, 0.15) is 5.75 Å². The second-order valence-corrected chi connectivity index (χ2v) is 3.89. The first-order valence-corrected chi connectivity index (χ1v) is 5.10. The average Bonchev–Trinajstić information content (AvgIpc) is 2.20. The first-order chi connectivity index (χ1) is 7.49. The van der Waals surface area contributed by atoms with Gasteiger partial charge in [-0.25, -0.2) is 0 Å². The van der Waals surface area contributed by atoms with E-state index in [2.05, 4.69) is 5.32 Å². The summed E-state index contributed by atoms with van der Waals surface area (Å²) in [4.78, 5) is 22.8. The third-order valence-electron chi connectivity index (χ3n) is 1.97. The molecule has 4 heteroatoms. The van der Waals surface area contributed by atoms with Crippen molar-refractivity contribution >= 4 is 11.7 Å². The van der Waals surface area contributed by atoms with Crippen molar-refractivity contribution in [1.29, 1.82) is 0 Å². The van der Waals surface area contributed by atoms with Gasteiger partial charge in [0.05, 0.1) is 0 Å². The molecule has 1 aromatic carbocycles. The summed E-state index contributed by atoms with van der Waals surface area (Å²) >= 11 is 0. The lowest BCUT2D eigenvalue weighted by atomic mass is 10.1. The van der Waals surface area contributed by atoms with E-state index < -0.39 is 11.7 Å². The molecule has 0 atom stereocenters. The Bertz CT molecular complexity index is 382. The first kappa shape index (κ1) is 12.2. The third-order valence-corrected chi connectivity index (χ3v) is 1.97. The Morgan fingerprint density at radius 3 is 2.31 bits per heavy atom. The van der Waals surface area contributed by atoms with Crippen molar-refractivity contribution < 1.29 is 14.7 Å². The molecule has 16 heavy (non-hydrogen) atoms. The van der Waals surface area contributed by atoms with Gasteiger partial charge >= 0.3 is 0 Å². The molecule has 0 fully saturated rings. The van der Waals surface area contributed by atoms with Gasteiger partial charge in [0.2, 0.25) is 5.78 Å². The van der Waals surface area contributed by atoms with Crippen LogP contribution in [0.25, 0.3) is 0 Å². The summed E-state index contributed by atoms with van der Waals surface area (Å²) in [5, 5.41) is 11.6. The number of Topliss-reactive ketones (excluding diaryl/α,β-unsaturated/α-hetero) is 1. The number of ketones is 1. The number of hydrogen-bond acceptors (Lipinski definition) is 3. The Morgan fingerprint density at radius 1 is 1.25 bits per heavy atom. The van der Waals surface area contributed by atoms with Crippen LogP contribution < -0.4 is 5.32 Å². The Hall–Kier alpha value is -1.84. The molecule has 86 valence electrons. The number of carbonyl (C=O) groups is 2. The summed E-state index contributed by atoms with van der Waals surface area (Å²) in [7, 11) is 0. The normalized spacial score (nSPS) is 10.2. The van der Waals surface area contributed by atoms with Crippen LogP contribution in [0.2, 0.25) is 0 Å². The molecule has 0 aliphatic heterocycles. The average molecular weight is 221 g/mol. The molecule has 1 aromatic rings. The summed E-state index contributed by atoms with van der Waals surface area (Å²) in [6.45, 7) is 3.59. The molecule has 0 radical (unpaired) electrons. The fourth-order valence-electron chi connectivity index (χ4n) is 1.22. The number of phenolic OH excluding ortho intramolecular Hbond substituents is 1. The highest BCUT2D eigenvalue weighted by Gasteiger charge is 2.14. The Morgan fingerprint density at radius 2 is 1.81 bits per heavy atom. The second-order valence-electron chi connectivity index (χ2n) is 3.89. The minimum Gasteiger partial charge on any atom is -0.508 e. The minimum atomic E-state index is -0.567. The molecule has 0 saturated heterocycles. The number of amides is 1. The van der Waals surface area contributed by atoms with E-state index in [9.17, 15) is 9.59 Å². The van der Waals surface area contributed by atoms with Gasteiger partial charge in [-0.15, -0.1) is 0 Å². The molecule has 1 rings (SSSR count). The molecule has 0 aliphatic carbocycles. The molecule has 0 aromatic heterocycles. The number of rotatable bonds is 4. The van der Waals surface area contributed by atoms with Gasteiger partial charge in [0, 0.05) is 12.5 Å². The van der Waals surface area contributed by atoms with Gasteiger partial charge in [0.25, 0.3) is 5.91 Å². The molecule has 0 aliphatic rings. The quantitative estimate of drug-likeness (QED) is 0.746. The molecule has 0 spiro atoms. The lowest BCUT2D eigenvalue weighted by Gasteiger charge is -2.07. The van der Waals surface area contributed by atoms with Crippen molar-refractivity contribution in [3.8, 4) is 5.75 Å². The van der Waals surface area contributed by atoms with E-state index in [1.54, 1.807) is 26.0 Å². The van der Waals surface area contributed by atoms with Crippen LogP contribution in [0, 0.1) is 0 Å². The molecule has 0 saturated carbocycles. The fraction of sp³-hybridized carbons (Fsp3) is 0.333. The highest BCUT2D eigenvalue weighted by Crippen LogP contribution is 2.10. The van der Waals surface area contributed by atoms with E-state index >= 15 is 0 Å². The van der Waals surface area contributed by atoms with E-state index in [-0.39, 0.29) is 18.2 Å². The maximum Gasteiger partial charge on any atom is 0.287 e. The van der Waals surface area contributed by atoms with Gasteiger partial charge in [-0.2, -0.15) is 0 Å². The van der Waals surface area contributed by atoms with E-state index in [1.807, 2.05) is 0 Å². The molecular weight excluding hydrogens is 206 g/mol. The van der Waals surface area contributed by atoms with Gasteiger partial charge in [0.15, 0.2) is 0 Å². The van der Waals surface area contributed by atoms with Crippen LogP contribution in [0.4, 0.5) is 0 Å². The third kappa shape index (κ3) is 3.73. The standard InChI is InChI=1S/C12H15NO3/c1-8(2)13-12(16)11(15)7-9-3-5-10(14)6-4-9/h3-6,8,14H,7H2,1-2H3,(H,13,16). The molecule has 2 N–H and O–H groups in total. The van der Waals surface area contributed by atoms with E-state index in [1.165, 1.54) is 12.1 Å². The Balaban J connectivity index is 2.57. The molecule has 0 bridgehead atoms. The number of nitrogens with one attached hydrogen (secondary N) is 1. The van der Waals surface area contributed by atoms with Crippen LogP contribution in [0.3, 0.4) is 0 Å². The van der Waals surface area contributed by atoms with Crippen LogP contribution in [-0.2, 0) is 16.0 Å². The smallest absolute Gasteiger partial charge is 0.287 e. The van der Waals surface area contributed by atoms with Crippen LogP contribution in [0.1, 0.15) is 19.4 Å². The first-order valence-electron chi connectivity index (χ1n) is 5.10. The SMILES string of the molecule is CC(C)NC(=O)C(=O)Cc1ccc(O)cc1. The van der Waals surface area contributed by atoms with Crippen molar-refractivity contribution in [3.05, 3.63) is 29.8 Å². The van der Waals surface area contributed by atoms with Crippen LogP contribution >= 0.6 is 0 Å². The molecule has 0 heterocycles. The van der Waals surface area contributed by atoms with E-state index in [0.717, 1.165) is 0 Å². The number of phenols is 1. The zero-order valence-electron chi connectivity index (χ0n) is 9.36. The lowest BCUT2D eigenvalue weighted by Crippen LogP contribution is -2.36. The van der Waals surface area contributed by atoms with Gasteiger partial charge in [-0.3, -0.25) is 9.59 Å². The van der Waals surface area contributed by atoms with Crippen molar-refractivity contribution in [1.82, 2.24) is 5.32 Å². The summed E-state index contributed by atoms with van der Waals surface area (Å²) in [5.41, 5.74) is 0.710. The number of hydrogen-bond donors (Lipinski definition) is 2. The van der Waals surface area contributed by atoms with Crippen molar-refractivity contribution in [2.24, 2.45) is 0 Å². The maximum atomic E-state index is 11.5. The molecule has 4 nitrogen and oxygen atoms in total. The summed E-state index contributed by atoms with van der Waals surface area (Å²) < 4.78 is 0. The summed E-state index contributed by atoms with van der Waals surface area (Å²) in [6, 6.07) is 6.17. The van der Waals surface area contributed by atoms with E-state index in [0.29, 0.717) is 5.56 Å². The maximum absolute atomic E-state index is 11.5. The molecule has 1 amide bonds. The van der Waals surface area contributed by atoms with Crippen molar-refractivity contribution in [3.63, 3.8) is 0 Å². The monoisotopic (exact) mass is 221 g/mol. The van der Waals surface area contributed by atoms with Crippen LogP contribution in [-0.4, -0.2) is 22.8 Å². The fourth-order valence-corrected chi connectivity index (χ4v) is 1.22.